The van der Waals surface area contributed by atoms with Crippen LogP contribution in [-0.2, 0) is 20.7 Å². The van der Waals surface area contributed by atoms with Gasteiger partial charge < -0.3 is 10.1 Å². The van der Waals surface area contributed by atoms with Gasteiger partial charge in [-0.3, -0.25) is 9.59 Å². The van der Waals surface area contributed by atoms with Crippen LogP contribution < -0.4 is 5.32 Å². The number of ether oxygens (including phenoxy) is 1. The lowest BCUT2D eigenvalue weighted by Crippen LogP contribution is -2.31. The van der Waals surface area contributed by atoms with Crippen LogP contribution in [0.3, 0.4) is 0 Å². The first-order valence-electron chi connectivity index (χ1n) is 7.98. The van der Waals surface area contributed by atoms with Gasteiger partial charge in [0, 0.05) is 5.39 Å². The molecule has 0 radical (unpaired) electrons. The largest absolute Gasteiger partial charge is 0.465 e. The average Bonchev–Trinajstić information content (AvgIpc) is 2.57. The molecule has 128 valence electrons. The van der Waals surface area contributed by atoms with Crippen molar-refractivity contribution in [1.29, 1.82) is 0 Å². The van der Waals surface area contributed by atoms with E-state index in [1.165, 1.54) is 11.8 Å². The molecule has 1 aromatic carbocycles. The molecule has 1 heterocycles. The Morgan fingerprint density at radius 1 is 1.25 bits per heavy atom. The number of esters is 1. The van der Waals surface area contributed by atoms with E-state index in [1.54, 1.807) is 6.92 Å². The van der Waals surface area contributed by atoms with Crippen LogP contribution in [0.5, 0.6) is 0 Å². The molecule has 6 heteroatoms. The number of carbonyl (C=O) groups excluding carboxylic acids is 2. The molecule has 0 spiro atoms. The van der Waals surface area contributed by atoms with Crippen LogP contribution in [0.15, 0.2) is 29.3 Å². The number of benzene rings is 1. The van der Waals surface area contributed by atoms with Crippen LogP contribution in [0.1, 0.15) is 25.0 Å². The number of thioether (sulfide) groups is 1. The first kappa shape index (κ1) is 18.3. The van der Waals surface area contributed by atoms with Crippen molar-refractivity contribution in [3.63, 3.8) is 0 Å². The Labute approximate surface area is 146 Å². The SMILES string of the molecule is CCOC(=O)CNC(=O)CSc1nc2cc(C)ccc2cc1CC. The predicted molar refractivity (Wildman–Crippen MR) is 96.2 cm³/mol. The normalized spacial score (nSPS) is 10.6. The number of aryl methyl sites for hydroxylation is 2. The third kappa shape index (κ3) is 4.96. The molecule has 2 aromatic rings. The summed E-state index contributed by atoms with van der Waals surface area (Å²) in [5, 5.41) is 4.53. The summed E-state index contributed by atoms with van der Waals surface area (Å²) in [5.74, 6) is -0.415. The van der Waals surface area contributed by atoms with E-state index in [2.05, 4.69) is 30.4 Å². The molecule has 0 aliphatic carbocycles. The molecular weight excluding hydrogens is 324 g/mol. The number of amides is 1. The minimum Gasteiger partial charge on any atom is -0.465 e. The number of rotatable bonds is 7. The zero-order valence-electron chi connectivity index (χ0n) is 14.2. The highest BCUT2D eigenvalue weighted by molar-refractivity contribution is 7.99. The number of nitrogens with zero attached hydrogens (tertiary/aromatic N) is 1. The minimum atomic E-state index is -0.426. The van der Waals surface area contributed by atoms with Crippen molar-refractivity contribution in [2.45, 2.75) is 32.2 Å². The van der Waals surface area contributed by atoms with Crippen molar-refractivity contribution in [1.82, 2.24) is 10.3 Å². The third-order valence-electron chi connectivity index (χ3n) is 3.47. The summed E-state index contributed by atoms with van der Waals surface area (Å²) in [4.78, 5) is 27.8. The molecule has 0 aliphatic rings. The van der Waals surface area contributed by atoms with E-state index in [0.717, 1.165) is 33.5 Å². The summed E-state index contributed by atoms with van der Waals surface area (Å²) >= 11 is 1.39. The summed E-state index contributed by atoms with van der Waals surface area (Å²) in [6.45, 7) is 6.04. The van der Waals surface area contributed by atoms with Gasteiger partial charge in [0.2, 0.25) is 5.91 Å². The van der Waals surface area contributed by atoms with Crippen molar-refractivity contribution in [2.24, 2.45) is 0 Å². The maximum Gasteiger partial charge on any atom is 0.325 e. The van der Waals surface area contributed by atoms with Crippen molar-refractivity contribution >= 4 is 34.5 Å². The fourth-order valence-electron chi connectivity index (χ4n) is 2.25. The molecule has 0 saturated carbocycles. The maximum absolute atomic E-state index is 11.9. The molecule has 2 rings (SSSR count). The van der Waals surface area contributed by atoms with Crippen molar-refractivity contribution < 1.29 is 14.3 Å². The van der Waals surface area contributed by atoms with Gasteiger partial charge in [0.1, 0.15) is 11.6 Å². The zero-order chi connectivity index (χ0) is 17.5. The highest BCUT2D eigenvalue weighted by Gasteiger charge is 2.11. The number of carbonyl (C=O) groups is 2. The van der Waals surface area contributed by atoms with Crippen LogP contribution in [-0.4, -0.2) is 35.8 Å². The highest BCUT2D eigenvalue weighted by atomic mass is 32.2. The summed E-state index contributed by atoms with van der Waals surface area (Å²) in [7, 11) is 0. The summed E-state index contributed by atoms with van der Waals surface area (Å²) in [5.41, 5.74) is 3.21. The Balaban J connectivity index is 2.03. The number of nitrogens with one attached hydrogen (secondary N) is 1. The van der Waals surface area contributed by atoms with Crippen LogP contribution >= 0.6 is 11.8 Å². The number of hydrogen-bond acceptors (Lipinski definition) is 5. The number of fused-ring (bicyclic) bond motifs is 1. The number of pyridine rings is 1. The molecule has 0 bridgehead atoms. The van der Waals surface area contributed by atoms with E-state index in [0.29, 0.717) is 6.61 Å². The summed E-state index contributed by atoms with van der Waals surface area (Å²) < 4.78 is 4.78. The summed E-state index contributed by atoms with van der Waals surface area (Å²) in [6, 6.07) is 8.30. The fraction of sp³-hybridized carbons (Fsp3) is 0.389. The van der Waals surface area contributed by atoms with Gasteiger partial charge in [-0.1, -0.05) is 30.8 Å². The van der Waals surface area contributed by atoms with E-state index in [1.807, 2.05) is 13.0 Å². The van der Waals surface area contributed by atoms with Gasteiger partial charge in [-0.05, 0) is 43.5 Å². The first-order valence-corrected chi connectivity index (χ1v) is 8.97. The van der Waals surface area contributed by atoms with Gasteiger partial charge in [-0.2, -0.15) is 0 Å². The number of aromatic nitrogens is 1. The van der Waals surface area contributed by atoms with Crippen LogP contribution in [0.2, 0.25) is 0 Å². The monoisotopic (exact) mass is 346 g/mol. The molecule has 0 atom stereocenters. The molecular formula is C18H22N2O3S. The Morgan fingerprint density at radius 2 is 2.04 bits per heavy atom. The second-order valence-corrected chi connectivity index (χ2v) is 6.34. The molecule has 0 unspecified atom stereocenters. The Hall–Kier alpha value is -2.08. The fourth-order valence-corrected chi connectivity index (χ4v) is 3.17. The standard InChI is InChI=1S/C18H22N2O3S/c1-4-13-9-14-7-6-12(3)8-15(14)20-18(13)24-11-16(21)19-10-17(22)23-5-2/h6-9H,4-5,10-11H2,1-3H3,(H,19,21). The Kier molecular flexibility index (Phi) is 6.61. The molecule has 24 heavy (non-hydrogen) atoms. The zero-order valence-corrected chi connectivity index (χ0v) is 15.0. The van der Waals surface area contributed by atoms with Gasteiger partial charge in [0.25, 0.3) is 0 Å². The lowest BCUT2D eigenvalue weighted by molar-refractivity contribution is -0.143. The topological polar surface area (TPSA) is 68.3 Å². The number of hydrogen-bond donors (Lipinski definition) is 1. The van der Waals surface area contributed by atoms with Gasteiger partial charge in [0.15, 0.2) is 0 Å². The third-order valence-corrected chi connectivity index (χ3v) is 4.50. The van der Waals surface area contributed by atoms with Crippen LogP contribution in [0.4, 0.5) is 0 Å². The molecule has 5 nitrogen and oxygen atoms in total. The lowest BCUT2D eigenvalue weighted by Gasteiger charge is -2.10. The average molecular weight is 346 g/mol. The van der Waals surface area contributed by atoms with Gasteiger partial charge >= 0.3 is 5.97 Å². The lowest BCUT2D eigenvalue weighted by atomic mass is 10.1. The molecule has 1 N–H and O–H groups in total. The first-order chi connectivity index (χ1) is 11.5. The van der Waals surface area contributed by atoms with Gasteiger partial charge in [-0.25, -0.2) is 4.98 Å². The Morgan fingerprint density at radius 3 is 2.75 bits per heavy atom. The van der Waals surface area contributed by atoms with E-state index in [-0.39, 0.29) is 18.2 Å². The van der Waals surface area contributed by atoms with E-state index < -0.39 is 5.97 Å². The van der Waals surface area contributed by atoms with Crippen molar-refractivity contribution in [2.75, 3.05) is 18.9 Å². The molecule has 0 aliphatic heterocycles. The molecule has 1 aromatic heterocycles. The second-order valence-electron chi connectivity index (χ2n) is 5.37. The summed E-state index contributed by atoms with van der Waals surface area (Å²) in [6.07, 6.45) is 0.851. The predicted octanol–water partition coefficient (Wildman–Crippen LogP) is 2.88. The highest BCUT2D eigenvalue weighted by Crippen LogP contribution is 2.26. The smallest absolute Gasteiger partial charge is 0.325 e. The van der Waals surface area contributed by atoms with Crippen LogP contribution in [0, 0.1) is 6.92 Å². The Bertz CT molecular complexity index is 746. The van der Waals surface area contributed by atoms with E-state index >= 15 is 0 Å². The van der Waals surface area contributed by atoms with E-state index in [4.69, 9.17) is 9.72 Å². The molecule has 0 saturated heterocycles. The second kappa shape index (κ2) is 8.68. The minimum absolute atomic E-state index is 0.0990. The molecule has 1 amide bonds. The van der Waals surface area contributed by atoms with Gasteiger partial charge in [0.05, 0.1) is 17.9 Å². The quantitative estimate of drug-likeness (QED) is 0.617. The molecule has 0 fully saturated rings. The van der Waals surface area contributed by atoms with E-state index in [9.17, 15) is 9.59 Å². The van der Waals surface area contributed by atoms with Crippen molar-refractivity contribution in [3.05, 3.63) is 35.4 Å². The maximum atomic E-state index is 11.9. The van der Waals surface area contributed by atoms with Crippen LogP contribution in [0.25, 0.3) is 10.9 Å². The van der Waals surface area contributed by atoms with Crippen molar-refractivity contribution in [3.8, 4) is 0 Å². The van der Waals surface area contributed by atoms with Gasteiger partial charge in [-0.15, -0.1) is 0 Å².